The van der Waals surface area contributed by atoms with E-state index in [0.717, 1.165) is 12.2 Å². The van der Waals surface area contributed by atoms with Crippen molar-refractivity contribution in [3.05, 3.63) is 118 Å². The van der Waals surface area contributed by atoms with Gasteiger partial charge < -0.3 is 9.84 Å². The fraction of sp³-hybridized carbons (Fsp3) is 0. The lowest BCUT2D eigenvalue weighted by Gasteiger charge is -2.11. The summed E-state index contributed by atoms with van der Waals surface area (Å²) in [5.74, 6) is -1.52. The van der Waals surface area contributed by atoms with Gasteiger partial charge in [-0.15, -0.1) is 0 Å². The highest BCUT2D eigenvalue weighted by molar-refractivity contribution is 7.97. The van der Waals surface area contributed by atoms with Crippen molar-refractivity contribution in [3.8, 4) is 5.75 Å². The molecule has 0 spiro atoms. The number of benzene rings is 3. The van der Waals surface area contributed by atoms with Crippen LogP contribution in [0.1, 0.15) is 15.9 Å². The summed E-state index contributed by atoms with van der Waals surface area (Å²) < 4.78 is 57.9. The number of ketones is 1. The summed E-state index contributed by atoms with van der Waals surface area (Å²) in [6.45, 7) is 0. The minimum absolute atomic E-state index is 0.0115. The SMILES string of the molecule is O=C1C(=CC(=CC2=C([O-])c3ccccc3S2(=O)=O)Oc2ccccc2)S(=O)(=O)c2ccccc21. The van der Waals surface area contributed by atoms with Crippen LogP contribution in [0, 0.1) is 0 Å². The largest absolute Gasteiger partial charge is 0.871 e. The Kier molecular flexibility index (Phi) is 5.03. The van der Waals surface area contributed by atoms with Crippen LogP contribution >= 0.6 is 0 Å². The van der Waals surface area contributed by atoms with Gasteiger partial charge in [0.1, 0.15) is 16.4 Å². The second-order valence-corrected chi connectivity index (χ2v) is 11.3. The highest BCUT2D eigenvalue weighted by Gasteiger charge is 2.39. The van der Waals surface area contributed by atoms with Crippen molar-refractivity contribution in [2.75, 3.05) is 0 Å². The van der Waals surface area contributed by atoms with E-state index < -0.39 is 41.0 Å². The molecule has 0 fully saturated rings. The van der Waals surface area contributed by atoms with Gasteiger partial charge in [0.15, 0.2) is 0 Å². The van der Waals surface area contributed by atoms with Gasteiger partial charge in [-0.25, -0.2) is 16.8 Å². The van der Waals surface area contributed by atoms with Gasteiger partial charge in [0.2, 0.25) is 25.5 Å². The maximum atomic E-state index is 13.0. The van der Waals surface area contributed by atoms with Crippen LogP contribution in [0.2, 0.25) is 0 Å². The van der Waals surface area contributed by atoms with Crippen LogP contribution in [0.25, 0.3) is 5.76 Å². The Morgan fingerprint density at radius 1 is 0.735 bits per heavy atom. The molecular formula is C25H15O7S2-. The van der Waals surface area contributed by atoms with E-state index in [9.17, 15) is 26.7 Å². The van der Waals surface area contributed by atoms with Crippen molar-refractivity contribution in [2.45, 2.75) is 9.79 Å². The molecule has 3 aromatic rings. The number of sulfone groups is 2. The zero-order chi connectivity index (χ0) is 24.1. The molecule has 0 saturated carbocycles. The predicted molar refractivity (Wildman–Crippen MR) is 122 cm³/mol. The lowest BCUT2D eigenvalue weighted by molar-refractivity contribution is -0.244. The summed E-state index contributed by atoms with van der Waals surface area (Å²) in [7, 11) is -8.33. The highest BCUT2D eigenvalue weighted by Crippen LogP contribution is 2.39. The first-order valence-corrected chi connectivity index (χ1v) is 13.0. The van der Waals surface area contributed by atoms with Crippen molar-refractivity contribution in [1.29, 1.82) is 0 Å². The fourth-order valence-corrected chi connectivity index (χ4v) is 6.93. The van der Waals surface area contributed by atoms with Crippen LogP contribution in [0.3, 0.4) is 0 Å². The number of carbonyl (C=O) groups is 1. The molecule has 0 atom stereocenters. The molecule has 2 aliphatic rings. The summed E-state index contributed by atoms with van der Waals surface area (Å²) in [4.78, 5) is 11.5. The first-order valence-electron chi connectivity index (χ1n) is 10.0. The van der Waals surface area contributed by atoms with Crippen LogP contribution in [-0.2, 0) is 19.7 Å². The summed E-state index contributed by atoms with van der Waals surface area (Å²) in [6, 6.07) is 19.7. The summed E-state index contributed by atoms with van der Waals surface area (Å²) in [5, 5.41) is 12.9. The van der Waals surface area contributed by atoms with Crippen molar-refractivity contribution in [2.24, 2.45) is 0 Å². The lowest BCUT2D eigenvalue weighted by atomic mass is 10.1. The number of ether oxygens (including phenoxy) is 1. The maximum absolute atomic E-state index is 13.0. The molecule has 0 unspecified atom stereocenters. The van der Waals surface area contributed by atoms with Crippen LogP contribution in [0.4, 0.5) is 0 Å². The van der Waals surface area contributed by atoms with Gasteiger partial charge in [-0.2, -0.15) is 0 Å². The van der Waals surface area contributed by atoms with E-state index in [1.807, 2.05) is 0 Å². The molecule has 34 heavy (non-hydrogen) atoms. The number of fused-ring (bicyclic) bond motifs is 2. The third kappa shape index (κ3) is 3.37. The van der Waals surface area contributed by atoms with Gasteiger partial charge in [-0.05, 0) is 42.0 Å². The summed E-state index contributed by atoms with van der Waals surface area (Å²) in [6.07, 6.45) is 1.92. The van der Waals surface area contributed by atoms with E-state index in [4.69, 9.17) is 4.74 Å². The van der Waals surface area contributed by atoms with Crippen LogP contribution < -0.4 is 9.84 Å². The number of hydrogen-bond donors (Lipinski definition) is 0. The van der Waals surface area contributed by atoms with E-state index in [0.29, 0.717) is 0 Å². The summed E-state index contributed by atoms with van der Waals surface area (Å²) >= 11 is 0. The standard InChI is InChI=1S/C25H16O7S2/c26-24-18-10-4-6-12-20(18)33(28,29)22(24)14-17(32-16-8-2-1-3-9-16)15-23-25(27)19-11-5-7-13-21(19)34(23,30)31/h1-15,26H/p-1. The number of allylic oxidation sites excluding steroid dienone is 3. The molecule has 7 nitrogen and oxygen atoms in total. The van der Waals surface area contributed by atoms with E-state index in [1.54, 1.807) is 42.5 Å². The number of para-hydroxylation sites is 1. The zero-order valence-corrected chi connectivity index (χ0v) is 19.0. The number of carbonyl (C=O) groups excluding carboxylic acids is 1. The van der Waals surface area contributed by atoms with E-state index in [-0.39, 0.29) is 32.4 Å². The molecule has 0 bridgehead atoms. The average molecular weight is 492 g/mol. The molecule has 0 aromatic heterocycles. The second kappa shape index (κ2) is 7.82. The number of hydrogen-bond acceptors (Lipinski definition) is 7. The van der Waals surface area contributed by atoms with Crippen molar-refractivity contribution < 1.29 is 31.5 Å². The minimum atomic E-state index is -4.17. The first kappa shape index (κ1) is 21.9. The molecule has 170 valence electrons. The van der Waals surface area contributed by atoms with Gasteiger partial charge in [0.25, 0.3) is 0 Å². The monoisotopic (exact) mass is 491 g/mol. The fourth-order valence-electron chi connectivity index (χ4n) is 3.79. The Morgan fingerprint density at radius 3 is 1.91 bits per heavy atom. The Morgan fingerprint density at radius 2 is 1.29 bits per heavy atom. The molecule has 2 aliphatic heterocycles. The van der Waals surface area contributed by atoms with E-state index >= 15 is 0 Å². The van der Waals surface area contributed by atoms with Gasteiger partial charge in [-0.3, -0.25) is 4.79 Å². The minimum Gasteiger partial charge on any atom is -0.871 e. The lowest BCUT2D eigenvalue weighted by Crippen LogP contribution is -2.07. The third-order valence-corrected chi connectivity index (χ3v) is 9.03. The molecule has 3 aromatic carbocycles. The van der Waals surface area contributed by atoms with Crippen LogP contribution in [0.15, 0.2) is 116 Å². The zero-order valence-electron chi connectivity index (χ0n) is 17.3. The predicted octanol–water partition coefficient (Wildman–Crippen LogP) is 3.02. The molecule has 0 aliphatic carbocycles. The average Bonchev–Trinajstić information content (AvgIpc) is 3.14. The van der Waals surface area contributed by atoms with Crippen LogP contribution in [-0.4, -0.2) is 22.6 Å². The topological polar surface area (TPSA) is 118 Å². The van der Waals surface area contributed by atoms with Gasteiger partial charge in [0, 0.05) is 11.6 Å². The molecule has 9 heteroatoms. The number of rotatable bonds is 4. The third-order valence-electron chi connectivity index (χ3n) is 5.39. The van der Waals surface area contributed by atoms with E-state index in [1.165, 1.54) is 36.4 Å². The first-order chi connectivity index (χ1) is 16.2. The van der Waals surface area contributed by atoms with Gasteiger partial charge in [-0.1, -0.05) is 54.3 Å². The Balaban J connectivity index is 1.69. The second-order valence-electron chi connectivity index (χ2n) is 7.49. The molecule has 0 N–H and O–H groups in total. The Bertz CT molecular complexity index is 1660. The quantitative estimate of drug-likeness (QED) is 0.407. The normalized spacial score (nSPS) is 19.2. The summed E-state index contributed by atoms with van der Waals surface area (Å²) in [5.41, 5.74) is 0.0230. The van der Waals surface area contributed by atoms with Crippen molar-refractivity contribution in [3.63, 3.8) is 0 Å². The molecule has 0 saturated heterocycles. The van der Waals surface area contributed by atoms with Gasteiger partial charge in [0.05, 0.1) is 14.7 Å². The van der Waals surface area contributed by atoms with E-state index in [2.05, 4.69) is 0 Å². The Hall–Kier alpha value is -3.95. The highest BCUT2D eigenvalue weighted by atomic mass is 32.2. The van der Waals surface area contributed by atoms with Crippen molar-refractivity contribution >= 4 is 31.2 Å². The van der Waals surface area contributed by atoms with Gasteiger partial charge >= 0.3 is 0 Å². The maximum Gasteiger partial charge on any atom is 0.211 e. The smallest absolute Gasteiger partial charge is 0.211 e. The molecule has 0 amide bonds. The molecule has 5 rings (SSSR count). The Labute approximate surface area is 195 Å². The van der Waals surface area contributed by atoms with Crippen LogP contribution in [0.5, 0.6) is 5.75 Å². The number of Topliss-reactive ketones (excluding diaryl/α,β-unsaturated/α-hetero) is 1. The molecule has 2 heterocycles. The molecule has 0 radical (unpaired) electrons. The van der Waals surface area contributed by atoms with Crippen molar-refractivity contribution in [1.82, 2.24) is 0 Å². The molecular weight excluding hydrogens is 476 g/mol.